The molecule has 0 spiro atoms. The fraction of sp³-hybridized carbons (Fsp3) is 0.286. The van der Waals surface area contributed by atoms with Crippen molar-refractivity contribution in [2.75, 3.05) is 5.32 Å². The third-order valence-corrected chi connectivity index (χ3v) is 3.23. The molecule has 21 heavy (non-hydrogen) atoms. The van der Waals surface area contributed by atoms with Gasteiger partial charge in [0.1, 0.15) is 0 Å². The van der Waals surface area contributed by atoms with Gasteiger partial charge in [0.2, 0.25) is 0 Å². The molecule has 1 aromatic carbocycles. The van der Waals surface area contributed by atoms with Gasteiger partial charge in [-0.3, -0.25) is 0 Å². The summed E-state index contributed by atoms with van der Waals surface area (Å²) in [5, 5.41) is 14.4. The second-order valence-electron chi connectivity index (χ2n) is 4.23. The number of urea groups is 1. The zero-order valence-corrected chi connectivity index (χ0v) is 12.8. The Kier molecular flexibility index (Phi) is 6.35. The minimum Gasteiger partial charge on any atom is -0.478 e. The van der Waals surface area contributed by atoms with Crippen LogP contribution in [0.5, 0.6) is 0 Å². The molecule has 0 fully saturated rings. The summed E-state index contributed by atoms with van der Waals surface area (Å²) in [6.45, 7) is 1.88. The highest BCUT2D eigenvalue weighted by atomic mass is 35.5. The molecule has 0 saturated carbocycles. The van der Waals surface area contributed by atoms with Gasteiger partial charge >= 0.3 is 12.0 Å². The Morgan fingerprint density at radius 2 is 2.10 bits per heavy atom. The standard InChI is InChI=1S/C14H14Cl2N2O3/c1-3-5-9(4-2)17-14(21)18-12-10(13(19)20)6-8(15)7-11(12)16/h1,6-7,9H,4-5H2,2H3,(H,19,20)(H2,17,18,21). The van der Waals surface area contributed by atoms with E-state index in [-0.39, 0.29) is 27.3 Å². The molecule has 1 unspecified atom stereocenters. The molecule has 0 aliphatic heterocycles. The second kappa shape index (κ2) is 7.77. The number of carbonyl (C=O) groups excluding carboxylic acids is 1. The van der Waals surface area contributed by atoms with Crippen molar-refractivity contribution < 1.29 is 14.7 Å². The maximum atomic E-state index is 11.9. The van der Waals surface area contributed by atoms with Crippen LogP contribution in [0.3, 0.4) is 0 Å². The van der Waals surface area contributed by atoms with Crippen LogP contribution < -0.4 is 10.6 Å². The minimum absolute atomic E-state index is 0.0124. The smallest absolute Gasteiger partial charge is 0.337 e. The molecule has 0 aliphatic rings. The Balaban J connectivity index is 2.95. The lowest BCUT2D eigenvalue weighted by Crippen LogP contribution is -2.37. The van der Waals surface area contributed by atoms with E-state index in [1.807, 2.05) is 6.92 Å². The minimum atomic E-state index is -1.25. The Hall–Kier alpha value is -1.90. The average molecular weight is 329 g/mol. The molecule has 1 aromatic rings. The van der Waals surface area contributed by atoms with Crippen LogP contribution in [0.25, 0.3) is 0 Å². The van der Waals surface area contributed by atoms with E-state index in [1.165, 1.54) is 12.1 Å². The summed E-state index contributed by atoms with van der Waals surface area (Å²) in [7, 11) is 0. The van der Waals surface area contributed by atoms with Crippen LogP contribution >= 0.6 is 23.2 Å². The van der Waals surface area contributed by atoms with Gasteiger partial charge in [-0.25, -0.2) is 9.59 Å². The number of hydrogen-bond acceptors (Lipinski definition) is 2. The van der Waals surface area contributed by atoms with E-state index < -0.39 is 12.0 Å². The maximum absolute atomic E-state index is 11.9. The Morgan fingerprint density at radius 3 is 2.62 bits per heavy atom. The molecule has 3 N–H and O–H groups in total. The van der Waals surface area contributed by atoms with Gasteiger partial charge in [-0.15, -0.1) is 12.3 Å². The summed E-state index contributed by atoms with van der Waals surface area (Å²) in [4.78, 5) is 23.1. The quantitative estimate of drug-likeness (QED) is 0.722. The summed E-state index contributed by atoms with van der Waals surface area (Å²) >= 11 is 11.7. The first-order chi connectivity index (χ1) is 9.88. The van der Waals surface area contributed by atoms with E-state index in [0.717, 1.165) is 0 Å². The molecular formula is C14H14Cl2N2O3. The molecule has 1 atom stereocenters. The predicted octanol–water partition coefficient (Wildman–Crippen LogP) is 3.62. The maximum Gasteiger partial charge on any atom is 0.337 e. The highest BCUT2D eigenvalue weighted by Crippen LogP contribution is 2.30. The first kappa shape index (κ1) is 17.2. The Labute approximate surface area is 132 Å². The van der Waals surface area contributed by atoms with E-state index in [1.54, 1.807) is 0 Å². The van der Waals surface area contributed by atoms with E-state index >= 15 is 0 Å². The first-order valence-corrected chi connectivity index (χ1v) is 6.87. The van der Waals surface area contributed by atoms with Crippen molar-refractivity contribution in [1.82, 2.24) is 5.32 Å². The lowest BCUT2D eigenvalue weighted by atomic mass is 10.1. The number of anilines is 1. The first-order valence-electron chi connectivity index (χ1n) is 6.12. The van der Waals surface area contributed by atoms with Gasteiger partial charge in [0, 0.05) is 17.5 Å². The number of halogens is 2. The van der Waals surface area contributed by atoms with Crippen molar-refractivity contribution in [2.24, 2.45) is 0 Å². The molecule has 0 aromatic heterocycles. The summed E-state index contributed by atoms with van der Waals surface area (Å²) in [6.07, 6.45) is 6.23. The van der Waals surface area contributed by atoms with Crippen LogP contribution in [0.2, 0.25) is 10.0 Å². The number of carboxylic acids is 1. The highest BCUT2D eigenvalue weighted by Gasteiger charge is 2.18. The SMILES string of the molecule is C#CCC(CC)NC(=O)Nc1c(Cl)cc(Cl)cc1C(=O)O. The van der Waals surface area contributed by atoms with Gasteiger partial charge in [-0.1, -0.05) is 30.1 Å². The topological polar surface area (TPSA) is 78.4 Å². The van der Waals surface area contributed by atoms with Crippen LogP contribution in [0.1, 0.15) is 30.1 Å². The van der Waals surface area contributed by atoms with Gasteiger partial charge in [0.15, 0.2) is 0 Å². The number of benzene rings is 1. The molecule has 0 radical (unpaired) electrons. The van der Waals surface area contributed by atoms with Crippen molar-refractivity contribution in [2.45, 2.75) is 25.8 Å². The van der Waals surface area contributed by atoms with Crippen LogP contribution in [-0.2, 0) is 0 Å². The third kappa shape index (κ3) is 4.85. The molecule has 1 rings (SSSR count). The molecule has 112 valence electrons. The number of amides is 2. The lowest BCUT2D eigenvalue weighted by Gasteiger charge is -2.16. The normalized spacial score (nSPS) is 11.3. The molecule has 7 heteroatoms. The average Bonchev–Trinajstić information content (AvgIpc) is 2.40. The Bertz CT molecular complexity index is 597. The summed E-state index contributed by atoms with van der Waals surface area (Å²) in [5.41, 5.74) is -0.200. The van der Waals surface area contributed by atoms with Crippen molar-refractivity contribution in [3.05, 3.63) is 27.7 Å². The third-order valence-electron chi connectivity index (χ3n) is 2.72. The highest BCUT2D eigenvalue weighted by molar-refractivity contribution is 6.37. The predicted molar refractivity (Wildman–Crippen MR) is 83.1 cm³/mol. The number of carbonyl (C=O) groups is 2. The largest absolute Gasteiger partial charge is 0.478 e. The number of aromatic carboxylic acids is 1. The van der Waals surface area contributed by atoms with E-state index in [2.05, 4.69) is 16.6 Å². The number of carboxylic acid groups (broad SMARTS) is 1. The Morgan fingerprint density at radius 1 is 1.43 bits per heavy atom. The van der Waals surface area contributed by atoms with Crippen LogP contribution in [0, 0.1) is 12.3 Å². The van der Waals surface area contributed by atoms with Crippen LogP contribution in [-0.4, -0.2) is 23.1 Å². The van der Waals surface area contributed by atoms with Crippen molar-refractivity contribution in [3.63, 3.8) is 0 Å². The van der Waals surface area contributed by atoms with Crippen molar-refractivity contribution in [1.29, 1.82) is 0 Å². The van der Waals surface area contributed by atoms with Crippen molar-refractivity contribution in [3.8, 4) is 12.3 Å². The summed E-state index contributed by atoms with van der Waals surface area (Å²) < 4.78 is 0. The van der Waals surface area contributed by atoms with E-state index in [4.69, 9.17) is 34.7 Å². The molecule has 0 saturated heterocycles. The zero-order chi connectivity index (χ0) is 16.0. The monoisotopic (exact) mass is 328 g/mol. The summed E-state index contributed by atoms with van der Waals surface area (Å²) in [5.74, 6) is 1.21. The molecule has 5 nitrogen and oxygen atoms in total. The van der Waals surface area contributed by atoms with E-state index in [9.17, 15) is 9.59 Å². The van der Waals surface area contributed by atoms with Crippen molar-refractivity contribution >= 4 is 40.9 Å². The van der Waals surface area contributed by atoms with Crippen LogP contribution in [0.15, 0.2) is 12.1 Å². The lowest BCUT2D eigenvalue weighted by molar-refractivity contribution is 0.0698. The number of rotatable bonds is 5. The number of terminal acetylenes is 1. The molecule has 2 amide bonds. The molecule has 0 heterocycles. The second-order valence-corrected chi connectivity index (χ2v) is 5.07. The van der Waals surface area contributed by atoms with Gasteiger partial charge in [-0.05, 0) is 18.6 Å². The zero-order valence-electron chi connectivity index (χ0n) is 11.2. The van der Waals surface area contributed by atoms with Crippen LogP contribution in [0.4, 0.5) is 10.5 Å². The molecule has 0 bridgehead atoms. The van der Waals surface area contributed by atoms with Gasteiger partial charge in [-0.2, -0.15) is 0 Å². The number of nitrogens with one attached hydrogen (secondary N) is 2. The summed E-state index contributed by atoms with van der Waals surface area (Å²) in [6, 6.07) is 1.78. The van der Waals surface area contributed by atoms with Gasteiger partial charge < -0.3 is 15.7 Å². The van der Waals surface area contributed by atoms with Gasteiger partial charge in [0.25, 0.3) is 0 Å². The van der Waals surface area contributed by atoms with Gasteiger partial charge in [0.05, 0.1) is 16.3 Å². The molecule has 0 aliphatic carbocycles. The fourth-order valence-corrected chi connectivity index (χ4v) is 2.18. The van der Waals surface area contributed by atoms with E-state index in [0.29, 0.717) is 12.8 Å². The fourth-order valence-electron chi connectivity index (χ4n) is 1.64. The number of hydrogen-bond donors (Lipinski definition) is 3. The molecular weight excluding hydrogens is 315 g/mol.